The zero-order valence-electron chi connectivity index (χ0n) is 11.2. The van der Waals surface area contributed by atoms with Crippen molar-refractivity contribution < 1.29 is 18.3 Å². The zero-order valence-corrected chi connectivity index (χ0v) is 11.2. The van der Waals surface area contributed by atoms with Gasteiger partial charge in [0, 0.05) is 32.6 Å². The number of nitrogens with zero attached hydrogens (tertiary/aromatic N) is 2. The van der Waals surface area contributed by atoms with Gasteiger partial charge >= 0.3 is 6.09 Å². The molecule has 0 spiro atoms. The second kappa shape index (κ2) is 5.20. The zero-order chi connectivity index (χ0) is 14.0. The largest absolute Gasteiger partial charge is 0.444 e. The van der Waals surface area contributed by atoms with Crippen molar-refractivity contribution in [2.24, 2.45) is 4.99 Å². The molecule has 0 saturated carbocycles. The molecular formula is C12H20F2N2O2. The normalized spacial score (nSPS) is 24.3. The lowest BCUT2D eigenvalue weighted by molar-refractivity contribution is -0.0676. The Balaban J connectivity index is 2.77. The van der Waals surface area contributed by atoms with Crippen molar-refractivity contribution in [3.63, 3.8) is 0 Å². The summed E-state index contributed by atoms with van der Waals surface area (Å²) in [6.07, 6.45) is 0.0730. The fourth-order valence-electron chi connectivity index (χ4n) is 1.82. The first-order valence-electron chi connectivity index (χ1n) is 5.94. The van der Waals surface area contributed by atoms with Gasteiger partial charge in [-0.1, -0.05) is 0 Å². The maximum Gasteiger partial charge on any atom is 0.410 e. The summed E-state index contributed by atoms with van der Waals surface area (Å²) in [6, 6.07) is -0.700. The molecule has 1 heterocycles. The minimum atomic E-state index is -2.75. The van der Waals surface area contributed by atoms with Crippen molar-refractivity contribution in [3.8, 4) is 0 Å². The van der Waals surface area contributed by atoms with E-state index in [9.17, 15) is 13.6 Å². The molecule has 4 nitrogen and oxygen atoms in total. The number of alkyl halides is 2. The first-order valence-corrected chi connectivity index (χ1v) is 5.94. The highest BCUT2D eigenvalue weighted by Gasteiger charge is 2.42. The molecule has 1 aliphatic rings. The van der Waals surface area contributed by atoms with Gasteiger partial charge in [-0.3, -0.25) is 9.89 Å². The van der Waals surface area contributed by atoms with Gasteiger partial charge in [-0.05, 0) is 20.8 Å². The van der Waals surface area contributed by atoms with Gasteiger partial charge in [0.15, 0.2) is 0 Å². The number of rotatable bonds is 1. The molecule has 1 aliphatic heterocycles. The van der Waals surface area contributed by atoms with Gasteiger partial charge in [-0.25, -0.2) is 13.6 Å². The summed E-state index contributed by atoms with van der Waals surface area (Å²) in [7, 11) is 1.50. The Hall–Kier alpha value is -1.20. The molecule has 1 unspecified atom stereocenters. The summed E-state index contributed by atoms with van der Waals surface area (Å²) in [5.74, 6) is -2.75. The molecule has 1 amide bonds. The molecule has 6 heteroatoms. The molecule has 0 aromatic heterocycles. The van der Waals surface area contributed by atoms with E-state index in [0.29, 0.717) is 0 Å². The summed E-state index contributed by atoms with van der Waals surface area (Å²) in [5.41, 5.74) is -0.634. The van der Waals surface area contributed by atoms with Crippen LogP contribution < -0.4 is 0 Å². The van der Waals surface area contributed by atoms with Crippen LogP contribution in [0.4, 0.5) is 13.6 Å². The number of ether oxygens (including phenoxy) is 1. The Labute approximate surface area is 106 Å². The predicted octanol–water partition coefficient (Wildman–Crippen LogP) is 2.72. The molecule has 1 fully saturated rings. The number of hydrogen-bond donors (Lipinski definition) is 0. The van der Waals surface area contributed by atoms with E-state index < -0.39 is 30.1 Å². The quantitative estimate of drug-likeness (QED) is 0.682. The average Bonchev–Trinajstić information content (AvgIpc) is 2.13. The van der Waals surface area contributed by atoms with Crippen LogP contribution in [0.3, 0.4) is 0 Å². The third kappa shape index (κ3) is 4.23. The third-order valence-electron chi connectivity index (χ3n) is 2.58. The summed E-state index contributed by atoms with van der Waals surface area (Å²) in [6.45, 7) is 5.21. The van der Waals surface area contributed by atoms with Crippen LogP contribution >= 0.6 is 0 Å². The highest BCUT2D eigenvalue weighted by molar-refractivity contribution is 5.76. The van der Waals surface area contributed by atoms with E-state index in [-0.39, 0.29) is 13.0 Å². The Bertz CT molecular complexity index is 337. The molecule has 0 radical (unpaired) electrons. The number of piperidine rings is 1. The second-order valence-electron chi connectivity index (χ2n) is 5.46. The van der Waals surface area contributed by atoms with Crippen molar-refractivity contribution in [2.45, 2.75) is 51.2 Å². The Morgan fingerprint density at radius 2 is 2.11 bits per heavy atom. The topological polar surface area (TPSA) is 41.9 Å². The number of aliphatic imine (C=N–C) groups is 1. The molecule has 1 rings (SSSR count). The lowest BCUT2D eigenvalue weighted by Gasteiger charge is -2.38. The first-order chi connectivity index (χ1) is 8.14. The lowest BCUT2D eigenvalue weighted by Crippen LogP contribution is -2.51. The highest BCUT2D eigenvalue weighted by atomic mass is 19.3. The van der Waals surface area contributed by atoms with E-state index >= 15 is 0 Å². The average molecular weight is 262 g/mol. The minimum absolute atomic E-state index is 0.0153. The van der Waals surface area contributed by atoms with E-state index in [2.05, 4.69) is 4.99 Å². The van der Waals surface area contributed by atoms with Crippen molar-refractivity contribution >= 4 is 12.3 Å². The van der Waals surface area contributed by atoms with Crippen LogP contribution in [0.15, 0.2) is 4.99 Å². The fourth-order valence-corrected chi connectivity index (χ4v) is 1.82. The Kier molecular flexibility index (Phi) is 4.29. The minimum Gasteiger partial charge on any atom is -0.444 e. The highest BCUT2D eigenvalue weighted by Crippen LogP contribution is 2.32. The predicted molar refractivity (Wildman–Crippen MR) is 65.3 cm³/mol. The second-order valence-corrected chi connectivity index (χ2v) is 5.46. The fraction of sp³-hybridized carbons (Fsp3) is 0.833. The molecule has 0 aliphatic carbocycles. The summed E-state index contributed by atoms with van der Waals surface area (Å²) in [5, 5.41) is 0. The monoisotopic (exact) mass is 262 g/mol. The van der Waals surface area contributed by atoms with Crippen LogP contribution in [-0.4, -0.2) is 48.4 Å². The number of halogens is 2. The number of carbonyl (C=O) groups excluding carboxylic acids is 1. The van der Waals surface area contributed by atoms with E-state index in [1.54, 1.807) is 20.8 Å². The van der Waals surface area contributed by atoms with Crippen molar-refractivity contribution in [1.82, 2.24) is 4.90 Å². The molecule has 18 heavy (non-hydrogen) atoms. The number of amides is 1. The standard InChI is InChI=1S/C12H20F2N2O2/c1-11(2,3)18-10(17)16-6-5-12(13,14)7-9(16)8-15-4/h8-9H,5-7H2,1-4H3. The summed E-state index contributed by atoms with van der Waals surface area (Å²) < 4.78 is 31.8. The van der Waals surface area contributed by atoms with Crippen molar-refractivity contribution in [3.05, 3.63) is 0 Å². The summed E-state index contributed by atoms with van der Waals surface area (Å²) in [4.78, 5) is 17.0. The molecule has 0 aromatic carbocycles. The van der Waals surface area contributed by atoms with Crippen molar-refractivity contribution in [1.29, 1.82) is 0 Å². The third-order valence-corrected chi connectivity index (χ3v) is 2.58. The van der Waals surface area contributed by atoms with Crippen LogP contribution in [0, 0.1) is 0 Å². The van der Waals surface area contributed by atoms with Crippen molar-refractivity contribution in [2.75, 3.05) is 13.6 Å². The molecule has 104 valence electrons. The van der Waals surface area contributed by atoms with E-state index in [1.807, 2.05) is 0 Å². The van der Waals surface area contributed by atoms with Gasteiger partial charge < -0.3 is 4.74 Å². The first kappa shape index (κ1) is 14.9. The molecule has 0 aromatic rings. The summed E-state index contributed by atoms with van der Waals surface area (Å²) >= 11 is 0. The van der Waals surface area contributed by atoms with Gasteiger partial charge in [-0.2, -0.15) is 0 Å². The van der Waals surface area contributed by atoms with E-state index in [1.165, 1.54) is 18.2 Å². The molecule has 1 atom stereocenters. The van der Waals surface area contributed by atoms with Crippen LogP contribution in [-0.2, 0) is 4.74 Å². The number of hydrogen-bond acceptors (Lipinski definition) is 3. The molecule has 1 saturated heterocycles. The van der Waals surface area contributed by atoms with Gasteiger partial charge in [0.1, 0.15) is 5.60 Å². The van der Waals surface area contributed by atoms with Gasteiger partial charge in [-0.15, -0.1) is 0 Å². The molecular weight excluding hydrogens is 242 g/mol. The lowest BCUT2D eigenvalue weighted by atomic mass is 10.00. The van der Waals surface area contributed by atoms with E-state index in [4.69, 9.17) is 4.74 Å². The SMILES string of the molecule is CN=CC1CC(F)(F)CCN1C(=O)OC(C)(C)C. The number of carbonyl (C=O) groups is 1. The Morgan fingerprint density at radius 3 is 2.61 bits per heavy atom. The number of likely N-dealkylation sites (tertiary alicyclic amines) is 1. The maximum absolute atomic E-state index is 13.3. The van der Waals surface area contributed by atoms with Gasteiger partial charge in [0.25, 0.3) is 5.92 Å². The smallest absolute Gasteiger partial charge is 0.410 e. The van der Waals surface area contributed by atoms with Gasteiger partial charge in [0.2, 0.25) is 0 Å². The van der Waals surface area contributed by atoms with Crippen LogP contribution in [0.25, 0.3) is 0 Å². The maximum atomic E-state index is 13.3. The van der Waals surface area contributed by atoms with Crippen LogP contribution in [0.5, 0.6) is 0 Å². The van der Waals surface area contributed by atoms with E-state index in [0.717, 1.165) is 0 Å². The Morgan fingerprint density at radius 1 is 1.50 bits per heavy atom. The van der Waals surface area contributed by atoms with Gasteiger partial charge in [0.05, 0.1) is 6.04 Å². The molecule has 0 N–H and O–H groups in total. The van der Waals surface area contributed by atoms with Crippen LogP contribution in [0.2, 0.25) is 0 Å². The van der Waals surface area contributed by atoms with Crippen LogP contribution in [0.1, 0.15) is 33.6 Å². The molecule has 0 bridgehead atoms.